The summed E-state index contributed by atoms with van der Waals surface area (Å²) in [6.45, 7) is 6.15. The van der Waals surface area contributed by atoms with Crippen molar-refractivity contribution >= 4 is 29.9 Å². The van der Waals surface area contributed by atoms with E-state index >= 15 is 0 Å². The van der Waals surface area contributed by atoms with Crippen molar-refractivity contribution < 1.29 is 14.7 Å². The number of anilines is 1. The van der Waals surface area contributed by atoms with Gasteiger partial charge in [-0.05, 0) is 45.4 Å². The van der Waals surface area contributed by atoms with Crippen molar-refractivity contribution in [2.24, 2.45) is 0 Å². The molecule has 0 aliphatic carbocycles. The molecule has 0 aromatic heterocycles. The maximum absolute atomic E-state index is 12.1. The Bertz CT molecular complexity index is 572. The van der Waals surface area contributed by atoms with Gasteiger partial charge in [0.2, 0.25) is 5.91 Å². The van der Waals surface area contributed by atoms with E-state index in [2.05, 4.69) is 16.0 Å². The molecule has 1 aromatic carbocycles. The Hall–Kier alpha value is -1.63. The van der Waals surface area contributed by atoms with Gasteiger partial charge in [0.15, 0.2) is 0 Å². The van der Waals surface area contributed by atoms with Crippen LogP contribution >= 0.6 is 12.4 Å². The normalized spacial score (nSPS) is 20.5. The maximum atomic E-state index is 12.1. The molecule has 1 aromatic rings. The molecule has 1 saturated heterocycles. The van der Waals surface area contributed by atoms with Crippen LogP contribution in [0.25, 0.3) is 0 Å². The molecule has 2 atom stereocenters. The van der Waals surface area contributed by atoms with Crippen LogP contribution in [-0.2, 0) is 4.79 Å². The molecule has 2 amide bonds. The van der Waals surface area contributed by atoms with Crippen LogP contribution in [0.2, 0.25) is 0 Å². The van der Waals surface area contributed by atoms with Crippen LogP contribution in [0, 0.1) is 0 Å². The van der Waals surface area contributed by atoms with Crippen molar-refractivity contribution in [3.05, 3.63) is 29.8 Å². The van der Waals surface area contributed by atoms with E-state index in [0.717, 1.165) is 0 Å². The third-order valence-electron chi connectivity index (χ3n) is 3.30. The number of benzene rings is 1. The number of carbonyl (C=O) groups excluding carboxylic acids is 2. The summed E-state index contributed by atoms with van der Waals surface area (Å²) < 4.78 is 0. The highest BCUT2D eigenvalue weighted by Crippen LogP contribution is 2.14. The van der Waals surface area contributed by atoms with Gasteiger partial charge in [0.25, 0.3) is 5.91 Å². The van der Waals surface area contributed by atoms with Crippen molar-refractivity contribution in [1.82, 2.24) is 10.6 Å². The van der Waals surface area contributed by atoms with Gasteiger partial charge < -0.3 is 21.1 Å². The van der Waals surface area contributed by atoms with Gasteiger partial charge in [-0.3, -0.25) is 9.59 Å². The number of aliphatic hydroxyl groups is 1. The monoisotopic (exact) mass is 341 g/mol. The van der Waals surface area contributed by atoms with Gasteiger partial charge in [0, 0.05) is 23.3 Å². The minimum absolute atomic E-state index is 0. The molecule has 6 nitrogen and oxygen atoms in total. The highest BCUT2D eigenvalue weighted by molar-refractivity contribution is 5.98. The number of hydrogen-bond donors (Lipinski definition) is 4. The lowest BCUT2D eigenvalue weighted by Gasteiger charge is -2.20. The van der Waals surface area contributed by atoms with E-state index in [4.69, 9.17) is 0 Å². The number of carbonyl (C=O) groups is 2. The van der Waals surface area contributed by atoms with E-state index in [1.165, 1.54) is 0 Å². The lowest BCUT2D eigenvalue weighted by atomic mass is 10.1. The fourth-order valence-corrected chi connectivity index (χ4v) is 2.30. The molecule has 0 radical (unpaired) electrons. The summed E-state index contributed by atoms with van der Waals surface area (Å²) in [7, 11) is 0. The zero-order chi connectivity index (χ0) is 16.3. The lowest BCUT2D eigenvalue weighted by Crippen LogP contribution is -2.40. The number of rotatable bonds is 3. The molecule has 0 saturated carbocycles. The van der Waals surface area contributed by atoms with E-state index in [-0.39, 0.29) is 29.8 Å². The van der Waals surface area contributed by atoms with Crippen molar-refractivity contribution in [2.75, 3.05) is 11.9 Å². The summed E-state index contributed by atoms with van der Waals surface area (Å²) >= 11 is 0. The Morgan fingerprint density at radius 1 is 1.30 bits per heavy atom. The minimum atomic E-state index is -0.486. The fraction of sp³-hybridized carbons (Fsp3) is 0.500. The molecular formula is C16H24ClN3O3. The van der Waals surface area contributed by atoms with Crippen molar-refractivity contribution in [1.29, 1.82) is 0 Å². The standard InChI is InChI=1S/C16H23N3O3.ClH/c1-16(2,3)19-14(21)10-5-4-6-11(7-10)18-15(22)13-8-12(20)9-17-13;/h4-7,12-13,17,20H,8-9H2,1-3H3,(H,18,22)(H,19,21);1H. The highest BCUT2D eigenvalue weighted by Gasteiger charge is 2.28. The number of aliphatic hydroxyl groups excluding tert-OH is 1. The summed E-state index contributed by atoms with van der Waals surface area (Å²) in [5.74, 6) is -0.386. The predicted octanol–water partition coefficient (Wildman–Crippen LogP) is 1.30. The second-order valence-electron chi connectivity index (χ2n) is 6.62. The number of nitrogens with one attached hydrogen (secondary N) is 3. The fourth-order valence-electron chi connectivity index (χ4n) is 2.30. The third kappa shape index (κ3) is 5.82. The van der Waals surface area contributed by atoms with Gasteiger partial charge in [0.1, 0.15) is 0 Å². The summed E-state index contributed by atoms with van der Waals surface area (Å²) in [5, 5.41) is 18.0. The molecule has 7 heteroatoms. The Morgan fingerprint density at radius 3 is 2.57 bits per heavy atom. The van der Waals surface area contributed by atoms with Crippen LogP contribution < -0.4 is 16.0 Å². The predicted molar refractivity (Wildman–Crippen MR) is 92.0 cm³/mol. The minimum Gasteiger partial charge on any atom is -0.392 e. The van der Waals surface area contributed by atoms with Gasteiger partial charge in [-0.25, -0.2) is 0 Å². The topological polar surface area (TPSA) is 90.5 Å². The summed E-state index contributed by atoms with van der Waals surface area (Å²) in [6, 6.07) is 6.40. The zero-order valence-electron chi connectivity index (χ0n) is 13.6. The highest BCUT2D eigenvalue weighted by atomic mass is 35.5. The molecule has 1 fully saturated rings. The van der Waals surface area contributed by atoms with Gasteiger partial charge in [-0.1, -0.05) is 6.07 Å². The van der Waals surface area contributed by atoms with E-state index in [9.17, 15) is 14.7 Å². The first-order valence-corrected chi connectivity index (χ1v) is 7.39. The van der Waals surface area contributed by atoms with Gasteiger partial charge in [-0.15, -0.1) is 12.4 Å². The van der Waals surface area contributed by atoms with Gasteiger partial charge >= 0.3 is 0 Å². The van der Waals surface area contributed by atoms with Crippen LogP contribution in [0.5, 0.6) is 0 Å². The van der Waals surface area contributed by atoms with Crippen LogP contribution in [0.3, 0.4) is 0 Å². The smallest absolute Gasteiger partial charge is 0.251 e. The van der Waals surface area contributed by atoms with E-state index in [1.807, 2.05) is 20.8 Å². The molecule has 2 unspecified atom stereocenters. The van der Waals surface area contributed by atoms with Gasteiger partial charge in [-0.2, -0.15) is 0 Å². The van der Waals surface area contributed by atoms with Crippen molar-refractivity contribution in [2.45, 2.75) is 44.9 Å². The molecule has 1 aliphatic heterocycles. The lowest BCUT2D eigenvalue weighted by molar-refractivity contribution is -0.117. The number of halogens is 1. The Morgan fingerprint density at radius 2 is 2.00 bits per heavy atom. The molecule has 2 rings (SSSR count). The number of amides is 2. The Kier molecular flexibility index (Phi) is 6.56. The molecule has 0 bridgehead atoms. The molecule has 23 heavy (non-hydrogen) atoms. The van der Waals surface area contributed by atoms with E-state index < -0.39 is 12.1 Å². The van der Waals surface area contributed by atoms with Gasteiger partial charge in [0.05, 0.1) is 12.1 Å². The summed E-state index contributed by atoms with van der Waals surface area (Å²) in [6.07, 6.45) is -0.0876. The molecule has 4 N–H and O–H groups in total. The van der Waals surface area contributed by atoms with Crippen LogP contribution in [0.15, 0.2) is 24.3 Å². The van der Waals surface area contributed by atoms with E-state index in [1.54, 1.807) is 24.3 Å². The van der Waals surface area contributed by atoms with Crippen molar-refractivity contribution in [3.8, 4) is 0 Å². The number of β-amino-alcohol motifs (C(OH)–C–C–N with tert-alkyl or cyclic N) is 1. The van der Waals surface area contributed by atoms with Crippen LogP contribution in [0.1, 0.15) is 37.6 Å². The molecule has 128 valence electrons. The zero-order valence-corrected chi connectivity index (χ0v) is 14.4. The second-order valence-corrected chi connectivity index (χ2v) is 6.62. The largest absolute Gasteiger partial charge is 0.392 e. The van der Waals surface area contributed by atoms with Crippen molar-refractivity contribution in [3.63, 3.8) is 0 Å². The molecular weight excluding hydrogens is 318 g/mol. The first-order valence-electron chi connectivity index (χ1n) is 7.39. The first kappa shape index (κ1) is 19.4. The second kappa shape index (κ2) is 7.77. The van der Waals surface area contributed by atoms with Crippen LogP contribution in [0.4, 0.5) is 5.69 Å². The van der Waals surface area contributed by atoms with E-state index in [0.29, 0.717) is 24.2 Å². The average Bonchev–Trinajstić information content (AvgIpc) is 2.84. The van der Waals surface area contributed by atoms with Crippen LogP contribution in [-0.4, -0.2) is 41.2 Å². The summed E-state index contributed by atoms with van der Waals surface area (Å²) in [5.41, 5.74) is 0.738. The quantitative estimate of drug-likeness (QED) is 0.667. The number of hydrogen-bond acceptors (Lipinski definition) is 4. The molecule has 1 aliphatic rings. The summed E-state index contributed by atoms with van der Waals surface area (Å²) in [4.78, 5) is 24.2. The third-order valence-corrected chi connectivity index (χ3v) is 3.30. The Labute approximate surface area is 142 Å². The SMILES string of the molecule is CC(C)(C)NC(=O)c1cccc(NC(=O)C2CC(O)CN2)c1.Cl. The Balaban J connectivity index is 0.00000264. The first-order chi connectivity index (χ1) is 10.2. The average molecular weight is 342 g/mol. The molecule has 1 heterocycles. The molecule has 0 spiro atoms. The maximum Gasteiger partial charge on any atom is 0.251 e.